The molecule has 3 nitrogen and oxygen atoms in total. The molecule has 0 bridgehead atoms. The smallest absolute Gasteiger partial charge is 0.173 e. The number of likely N-dealkylation sites (N-methyl/N-ethyl adjacent to an activating group) is 1. The Kier molecular flexibility index (Phi) is 4.19. The third kappa shape index (κ3) is 3.00. The van der Waals surface area contributed by atoms with Gasteiger partial charge < -0.3 is 10.2 Å². The van der Waals surface area contributed by atoms with Gasteiger partial charge in [-0.05, 0) is 45.2 Å². The lowest BCUT2D eigenvalue weighted by Crippen LogP contribution is -2.57. The van der Waals surface area contributed by atoms with E-state index in [0.717, 1.165) is 23.9 Å². The summed E-state index contributed by atoms with van der Waals surface area (Å²) in [5.74, 6) is 0. The molecule has 98 valence electrons. The second kappa shape index (κ2) is 5.67. The van der Waals surface area contributed by atoms with E-state index < -0.39 is 0 Å². The van der Waals surface area contributed by atoms with Gasteiger partial charge in [-0.15, -0.1) is 0 Å². The largest absolute Gasteiger partial charge is 0.346 e. The fourth-order valence-electron chi connectivity index (χ4n) is 2.29. The predicted octanol–water partition coefficient (Wildman–Crippen LogP) is 2.41. The normalized spacial score (nSPS) is 24.9. The van der Waals surface area contributed by atoms with Crippen molar-refractivity contribution < 1.29 is 0 Å². The van der Waals surface area contributed by atoms with E-state index in [-0.39, 0.29) is 0 Å². The lowest BCUT2D eigenvalue weighted by Gasteiger charge is -2.43. The molecule has 4 heteroatoms. The van der Waals surface area contributed by atoms with E-state index >= 15 is 0 Å². The Hall–Kier alpha value is -1.13. The van der Waals surface area contributed by atoms with Crippen molar-refractivity contribution in [3.63, 3.8) is 0 Å². The second-order valence-electron chi connectivity index (χ2n) is 5.06. The van der Waals surface area contributed by atoms with Gasteiger partial charge in [-0.3, -0.25) is 4.90 Å². The van der Waals surface area contributed by atoms with Gasteiger partial charge in [0, 0.05) is 30.9 Å². The molecule has 1 aromatic carbocycles. The highest BCUT2D eigenvalue weighted by molar-refractivity contribution is 7.80. The molecule has 2 atom stereocenters. The number of nitrogens with zero attached hydrogens (tertiary/aromatic N) is 2. The lowest BCUT2D eigenvalue weighted by atomic mass is 10.1. The van der Waals surface area contributed by atoms with Crippen molar-refractivity contribution in [2.24, 2.45) is 0 Å². The van der Waals surface area contributed by atoms with Crippen LogP contribution in [0, 0.1) is 0 Å². The van der Waals surface area contributed by atoms with Crippen molar-refractivity contribution in [3.8, 4) is 0 Å². The van der Waals surface area contributed by atoms with Crippen LogP contribution in [0.2, 0.25) is 0 Å². The van der Waals surface area contributed by atoms with Crippen LogP contribution in [0.3, 0.4) is 0 Å². The van der Waals surface area contributed by atoms with Crippen molar-refractivity contribution in [2.45, 2.75) is 25.9 Å². The Morgan fingerprint density at radius 1 is 1.17 bits per heavy atom. The van der Waals surface area contributed by atoms with Crippen LogP contribution >= 0.6 is 12.2 Å². The molecule has 18 heavy (non-hydrogen) atoms. The zero-order valence-electron chi connectivity index (χ0n) is 11.3. The minimum absolute atomic E-state index is 0.532. The molecule has 1 aliphatic rings. The van der Waals surface area contributed by atoms with Crippen LogP contribution < -0.4 is 5.32 Å². The number of rotatable bonds is 1. The van der Waals surface area contributed by atoms with Crippen LogP contribution in [0.4, 0.5) is 5.69 Å². The first-order valence-corrected chi connectivity index (χ1v) is 6.81. The summed E-state index contributed by atoms with van der Waals surface area (Å²) in [5, 5.41) is 4.13. The van der Waals surface area contributed by atoms with Gasteiger partial charge in [0.2, 0.25) is 0 Å². The van der Waals surface area contributed by atoms with Crippen LogP contribution in [0.1, 0.15) is 13.8 Å². The second-order valence-corrected chi connectivity index (χ2v) is 5.45. The molecule has 2 unspecified atom stereocenters. The summed E-state index contributed by atoms with van der Waals surface area (Å²) in [6, 6.07) is 11.2. The lowest BCUT2D eigenvalue weighted by molar-refractivity contribution is 0.100. The maximum atomic E-state index is 5.50. The van der Waals surface area contributed by atoms with Crippen LogP contribution in [0.25, 0.3) is 0 Å². The topological polar surface area (TPSA) is 18.5 Å². The van der Waals surface area contributed by atoms with E-state index in [1.54, 1.807) is 0 Å². The molecule has 0 aliphatic carbocycles. The number of anilines is 1. The summed E-state index contributed by atoms with van der Waals surface area (Å²) < 4.78 is 0. The quantitative estimate of drug-likeness (QED) is 0.784. The number of para-hydroxylation sites is 1. The zero-order valence-corrected chi connectivity index (χ0v) is 12.1. The van der Waals surface area contributed by atoms with Crippen molar-refractivity contribution >= 4 is 23.0 Å². The van der Waals surface area contributed by atoms with Gasteiger partial charge in [0.15, 0.2) is 5.11 Å². The molecule has 0 saturated carbocycles. The minimum Gasteiger partial charge on any atom is -0.346 e. The maximum Gasteiger partial charge on any atom is 0.173 e. The molecule has 1 fully saturated rings. The number of thiocarbonyl (C=S) groups is 1. The Bertz CT molecular complexity index is 395. The van der Waals surface area contributed by atoms with Gasteiger partial charge in [0.25, 0.3) is 0 Å². The van der Waals surface area contributed by atoms with Gasteiger partial charge in [-0.1, -0.05) is 18.2 Å². The Morgan fingerprint density at radius 3 is 2.28 bits per heavy atom. The summed E-state index contributed by atoms with van der Waals surface area (Å²) in [7, 11) is 2.18. The summed E-state index contributed by atoms with van der Waals surface area (Å²) in [4.78, 5) is 4.67. The molecule has 1 saturated heterocycles. The maximum absolute atomic E-state index is 5.50. The summed E-state index contributed by atoms with van der Waals surface area (Å²) in [6.07, 6.45) is 0. The minimum atomic E-state index is 0.532. The molecular weight excluding hydrogens is 242 g/mol. The third-order valence-corrected chi connectivity index (χ3v) is 4.03. The predicted molar refractivity (Wildman–Crippen MR) is 80.9 cm³/mol. The van der Waals surface area contributed by atoms with E-state index in [2.05, 4.69) is 36.0 Å². The van der Waals surface area contributed by atoms with E-state index in [1.807, 2.05) is 30.3 Å². The number of nitrogens with one attached hydrogen (secondary N) is 1. The SMILES string of the molecule is CC1CN(C(=S)Nc2ccccc2)CC(C)N1C. The molecule has 1 aliphatic heterocycles. The third-order valence-electron chi connectivity index (χ3n) is 3.67. The van der Waals surface area contributed by atoms with Crippen LogP contribution in [0.5, 0.6) is 0 Å². The molecule has 1 heterocycles. The molecule has 0 aromatic heterocycles. The Labute approximate surface area is 115 Å². The van der Waals surface area contributed by atoms with E-state index in [1.165, 1.54) is 0 Å². The first-order valence-electron chi connectivity index (χ1n) is 6.41. The van der Waals surface area contributed by atoms with E-state index in [9.17, 15) is 0 Å². The molecular formula is C14H21N3S. The van der Waals surface area contributed by atoms with Gasteiger partial charge in [0.05, 0.1) is 0 Å². The zero-order chi connectivity index (χ0) is 13.1. The number of benzene rings is 1. The highest BCUT2D eigenvalue weighted by Crippen LogP contribution is 2.15. The average molecular weight is 263 g/mol. The molecule has 0 amide bonds. The van der Waals surface area contributed by atoms with Crippen molar-refractivity contribution in [2.75, 3.05) is 25.5 Å². The van der Waals surface area contributed by atoms with Gasteiger partial charge >= 0.3 is 0 Å². The standard InChI is InChI=1S/C14H21N3S/c1-11-9-17(10-12(2)16(11)3)14(18)15-13-7-5-4-6-8-13/h4-8,11-12H,9-10H2,1-3H3,(H,15,18). The van der Waals surface area contributed by atoms with Crippen molar-refractivity contribution in [1.29, 1.82) is 0 Å². The number of piperazine rings is 1. The Balaban J connectivity index is 1.98. The van der Waals surface area contributed by atoms with E-state index in [4.69, 9.17) is 12.2 Å². The molecule has 2 rings (SSSR count). The summed E-state index contributed by atoms with van der Waals surface area (Å²) in [5.41, 5.74) is 1.06. The summed E-state index contributed by atoms with van der Waals surface area (Å²) in [6.45, 7) is 6.46. The van der Waals surface area contributed by atoms with E-state index in [0.29, 0.717) is 12.1 Å². The molecule has 0 radical (unpaired) electrons. The van der Waals surface area contributed by atoms with Crippen LogP contribution in [-0.2, 0) is 0 Å². The average Bonchev–Trinajstić information content (AvgIpc) is 2.36. The van der Waals surface area contributed by atoms with Crippen LogP contribution in [0.15, 0.2) is 30.3 Å². The fourth-order valence-corrected chi connectivity index (χ4v) is 2.56. The van der Waals surface area contributed by atoms with Crippen LogP contribution in [-0.4, -0.2) is 47.1 Å². The highest BCUT2D eigenvalue weighted by Gasteiger charge is 2.27. The number of hydrogen-bond acceptors (Lipinski definition) is 2. The molecule has 0 spiro atoms. The van der Waals surface area contributed by atoms with Crippen molar-refractivity contribution in [3.05, 3.63) is 30.3 Å². The number of hydrogen-bond donors (Lipinski definition) is 1. The first kappa shape index (κ1) is 13.3. The van der Waals surface area contributed by atoms with Gasteiger partial charge in [-0.25, -0.2) is 0 Å². The Morgan fingerprint density at radius 2 is 1.72 bits per heavy atom. The van der Waals surface area contributed by atoms with Crippen molar-refractivity contribution in [1.82, 2.24) is 9.80 Å². The summed E-state index contributed by atoms with van der Waals surface area (Å²) >= 11 is 5.50. The monoisotopic (exact) mass is 263 g/mol. The molecule has 1 aromatic rings. The fraction of sp³-hybridized carbons (Fsp3) is 0.500. The first-order chi connectivity index (χ1) is 8.58. The highest BCUT2D eigenvalue weighted by atomic mass is 32.1. The molecule has 1 N–H and O–H groups in total. The van der Waals surface area contributed by atoms with Gasteiger partial charge in [-0.2, -0.15) is 0 Å². The van der Waals surface area contributed by atoms with Gasteiger partial charge in [0.1, 0.15) is 0 Å².